The van der Waals surface area contributed by atoms with E-state index in [1.54, 1.807) is 24.4 Å². The Morgan fingerprint density at radius 1 is 1.36 bits per heavy atom. The smallest absolute Gasteiger partial charge is 0.248 e. The summed E-state index contributed by atoms with van der Waals surface area (Å²) < 4.78 is 0. The third-order valence-corrected chi connectivity index (χ3v) is 2.00. The molecule has 0 spiro atoms. The van der Waals surface area contributed by atoms with Crippen LogP contribution in [-0.4, -0.2) is 10.9 Å². The van der Waals surface area contributed by atoms with Crippen LogP contribution in [0.2, 0.25) is 0 Å². The van der Waals surface area contributed by atoms with Gasteiger partial charge in [-0.1, -0.05) is 0 Å². The summed E-state index contributed by atoms with van der Waals surface area (Å²) in [5, 5.41) is 0.830. The summed E-state index contributed by atoms with van der Waals surface area (Å²) in [7, 11) is 0. The Morgan fingerprint density at radius 2 is 2.07 bits per heavy atom. The molecule has 0 atom stereocenters. The van der Waals surface area contributed by atoms with Crippen LogP contribution >= 0.6 is 12.4 Å². The van der Waals surface area contributed by atoms with Crippen molar-refractivity contribution in [2.24, 2.45) is 5.73 Å². The maximum atomic E-state index is 10.8. The number of H-pyrrole nitrogens is 1. The number of primary amides is 1. The average Bonchev–Trinajstić information content (AvgIpc) is 2.47. The van der Waals surface area contributed by atoms with E-state index in [0.717, 1.165) is 10.9 Å². The fraction of sp³-hybridized carbons (Fsp3) is 0. The highest BCUT2D eigenvalue weighted by Gasteiger charge is 2.04. The van der Waals surface area contributed by atoms with Gasteiger partial charge in [0.2, 0.25) is 5.91 Å². The molecule has 0 radical (unpaired) electrons. The summed E-state index contributed by atoms with van der Waals surface area (Å²) in [6.45, 7) is 0. The van der Waals surface area contributed by atoms with E-state index in [0.29, 0.717) is 11.3 Å². The molecule has 0 saturated carbocycles. The van der Waals surface area contributed by atoms with E-state index in [1.165, 1.54) is 0 Å². The van der Waals surface area contributed by atoms with Crippen LogP contribution in [0.1, 0.15) is 10.4 Å². The first kappa shape index (κ1) is 10.4. The Hall–Kier alpha value is -1.68. The first-order chi connectivity index (χ1) is 6.18. The summed E-state index contributed by atoms with van der Waals surface area (Å²) in [6.07, 6.45) is 1.69. The zero-order valence-corrected chi connectivity index (χ0v) is 8.10. The second-order valence-electron chi connectivity index (χ2n) is 2.87. The van der Waals surface area contributed by atoms with Gasteiger partial charge < -0.3 is 16.5 Å². The topological polar surface area (TPSA) is 84.9 Å². The normalized spacial score (nSPS) is 9.71. The summed E-state index contributed by atoms with van der Waals surface area (Å²) in [5.41, 5.74) is 12.8. The van der Waals surface area contributed by atoms with Gasteiger partial charge in [-0.3, -0.25) is 4.79 Å². The first-order valence-corrected chi connectivity index (χ1v) is 3.85. The number of amides is 1. The standard InChI is InChI=1S/C9H9N3O.ClH/c10-7-4-12-8-2-1-5(9(11)13)3-6(7)8;/h1-4,12H,10H2,(H2,11,13);1H. The number of carbonyl (C=O) groups excluding carboxylic acids is 1. The molecule has 5 heteroatoms. The van der Waals surface area contributed by atoms with E-state index < -0.39 is 5.91 Å². The largest absolute Gasteiger partial charge is 0.397 e. The predicted molar refractivity (Wildman–Crippen MR) is 58.5 cm³/mol. The summed E-state index contributed by atoms with van der Waals surface area (Å²) in [6, 6.07) is 5.13. The molecule has 5 N–H and O–H groups in total. The number of hydrogen-bond donors (Lipinski definition) is 3. The highest BCUT2D eigenvalue weighted by Crippen LogP contribution is 2.20. The third-order valence-electron chi connectivity index (χ3n) is 2.00. The van der Waals surface area contributed by atoms with E-state index in [4.69, 9.17) is 11.5 Å². The number of hydrogen-bond acceptors (Lipinski definition) is 2. The monoisotopic (exact) mass is 211 g/mol. The number of aromatic amines is 1. The van der Waals surface area contributed by atoms with Gasteiger partial charge in [-0.15, -0.1) is 12.4 Å². The second kappa shape index (κ2) is 3.59. The number of aromatic nitrogens is 1. The number of benzene rings is 1. The van der Waals surface area contributed by atoms with Crippen molar-refractivity contribution in [1.29, 1.82) is 0 Å². The van der Waals surface area contributed by atoms with Gasteiger partial charge in [-0.25, -0.2) is 0 Å². The fourth-order valence-corrected chi connectivity index (χ4v) is 1.30. The second-order valence-corrected chi connectivity index (χ2v) is 2.87. The van der Waals surface area contributed by atoms with Crippen LogP contribution in [0, 0.1) is 0 Å². The van der Waals surface area contributed by atoms with Gasteiger partial charge in [-0.2, -0.15) is 0 Å². The van der Waals surface area contributed by atoms with Crippen LogP contribution in [0.4, 0.5) is 5.69 Å². The average molecular weight is 212 g/mol. The van der Waals surface area contributed by atoms with E-state index in [1.807, 2.05) is 0 Å². The van der Waals surface area contributed by atoms with Gasteiger partial charge in [0.25, 0.3) is 0 Å². The Kier molecular flexibility index (Phi) is 2.67. The number of rotatable bonds is 1. The van der Waals surface area contributed by atoms with Crippen LogP contribution < -0.4 is 11.5 Å². The number of fused-ring (bicyclic) bond motifs is 1. The summed E-state index contributed by atoms with van der Waals surface area (Å²) >= 11 is 0. The minimum absolute atomic E-state index is 0. The number of carbonyl (C=O) groups is 1. The number of nitrogen functional groups attached to an aromatic ring is 1. The van der Waals surface area contributed by atoms with Crippen molar-refractivity contribution in [1.82, 2.24) is 4.98 Å². The Labute approximate surface area is 86.7 Å². The minimum Gasteiger partial charge on any atom is -0.397 e. The first-order valence-electron chi connectivity index (χ1n) is 3.85. The van der Waals surface area contributed by atoms with Crippen molar-refractivity contribution in [3.63, 3.8) is 0 Å². The molecule has 1 amide bonds. The van der Waals surface area contributed by atoms with Crippen LogP contribution in [0.15, 0.2) is 24.4 Å². The van der Waals surface area contributed by atoms with Gasteiger partial charge in [0.05, 0.1) is 5.69 Å². The SMILES string of the molecule is Cl.NC(=O)c1ccc2[nH]cc(N)c2c1. The Balaban J connectivity index is 0.000000980. The molecule has 74 valence electrons. The van der Waals surface area contributed by atoms with Crippen LogP contribution in [0.3, 0.4) is 0 Å². The van der Waals surface area contributed by atoms with E-state index >= 15 is 0 Å². The zero-order chi connectivity index (χ0) is 9.42. The summed E-state index contributed by atoms with van der Waals surface area (Å²) in [5.74, 6) is -0.442. The molecular weight excluding hydrogens is 202 g/mol. The Morgan fingerprint density at radius 3 is 2.71 bits per heavy atom. The summed E-state index contributed by atoms with van der Waals surface area (Å²) in [4.78, 5) is 13.8. The van der Waals surface area contributed by atoms with Gasteiger partial charge in [0.1, 0.15) is 0 Å². The predicted octanol–water partition coefficient (Wildman–Crippen LogP) is 1.27. The molecular formula is C9H10ClN3O. The van der Waals surface area contributed by atoms with Crippen molar-refractivity contribution in [2.75, 3.05) is 5.73 Å². The van der Waals surface area contributed by atoms with Gasteiger partial charge in [0.15, 0.2) is 0 Å². The maximum Gasteiger partial charge on any atom is 0.248 e. The molecule has 4 nitrogen and oxygen atoms in total. The third kappa shape index (κ3) is 1.52. The number of nitrogens with two attached hydrogens (primary N) is 2. The van der Waals surface area contributed by atoms with Crippen molar-refractivity contribution in [3.05, 3.63) is 30.0 Å². The van der Waals surface area contributed by atoms with E-state index in [9.17, 15) is 4.79 Å². The molecule has 14 heavy (non-hydrogen) atoms. The lowest BCUT2D eigenvalue weighted by molar-refractivity contribution is 0.100. The van der Waals surface area contributed by atoms with E-state index in [2.05, 4.69) is 4.98 Å². The molecule has 1 aromatic carbocycles. The van der Waals surface area contributed by atoms with Crippen LogP contribution in [0.25, 0.3) is 10.9 Å². The molecule has 0 aliphatic carbocycles. The maximum absolute atomic E-state index is 10.8. The number of halogens is 1. The molecule has 1 heterocycles. The lowest BCUT2D eigenvalue weighted by Gasteiger charge is -1.95. The molecule has 2 rings (SSSR count). The molecule has 0 bridgehead atoms. The fourth-order valence-electron chi connectivity index (χ4n) is 1.30. The lowest BCUT2D eigenvalue weighted by Crippen LogP contribution is -2.10. The molecule has 0 fully saturated rings. The molecule has 2 aromatic rings. The Bertz CT molecular complexity index is 478. The van der Waals surface area contributed by atoms with Gasteiger partial charge >= 0.3 is 0 Å². The minimum atomic E-state index is -0.442. The number of nitrogens with one attached hydrogen (secondary N) is 1. The van der Waals surface area contributed by atoms with Crippen molar-refractivity contribution in [3.8, 4) is 0 Å². The lowest BCUT2D eigenvalue weighted by atomic mass is 10.1. The molecule has 0 aliphatic heterocycles. The van der Waals surface area contributed by atoms with Crippen LogP contribution in [0.5, 0.6) is 0 Å². The van der Waals surface area contributed by atoms with Gasteiger partial charge in [-0.05, 0) is 18.2 Å². The van der Waals surface area contributed by atoms with E-state index in [-0.39, 0.29) is 12.4 Å². The molecule has 0 aliphatic rings. The van der Waals surface area contributed by atoms with Crippen molar-refractivity contribution >= 4 is 34.9 Å². The van der Waals surface area contributed by atoms with Gasteiger partial charge in [0, 0.05) is 22.7 Å². The molecule has 0 unspecified atom stereocenters. The van der Waals surface area contributed by atoms with Crippen molar-refractivity contribution < 1.29 is 4.79 Å². The van der Waals surface area contributed by atoms with Crippen molar-refractivity contribution in [2.45, 2.75) is 0 Å². The number of anilines is 1. The quantitative estimate of drug-likeness (QED) is 0.664. The highest BCUT2D eigenvalue weighted by atomic mass is 35.5. The van der Waals surface area contributed by atoms with Crippen LogP contribution in [-0.2, 0) is 0 Å². The molecule has 0 saturated heterocycles. The highest BCUT2D eigenvalue weighted by molar-refractivity contribution is 6.00. The zero-order valence-electron chi connectivity index (χ0n) is 7.28. The molecule has 1 aromatic heterocycles.